The van der Waals surface area contributed by atoms with Crippen LogP contribution < -0.4 is 11.5 Å². The summed E-state index contributed by atoms with van der Waals surface area (Å²) in [6.45, 7) is 1.57. The minimum absolute atomic E-state index is 0.786. The van der Waals surface area contributed by atoms with E-state index in [1.54, 1.807) is 0 Å². The summed E-state index contributed by atoms with van der Waals surface area (Å²) < 4.78 is 0. The third-order valence-corrected chi connectivity index (χ3v) is 3.07. The van der Waals surface area contributed by atoms with Gasteiger partial charge in [-0.15, -0.1) is 23.5 Å². The average Bonchev–Trinajstić information content (AvgIpc) is 1.89. The molecule has 0 aliphatic rings. The van der Waals surface area contributed by atoms with E-state index >= 15 is 0 Å². The molecule has 0 unspecified atom stereocenters. The second kappa shape index (κ2) is 8.62. The van der Waals surface area contributed by atoms with Crippen LogP contribution in [-0.4, -0.2) is 29.7 Å². The van der Waals surface area contributed by atoms with Crippen LogP contribution in [0.2, 0.25) is 0 Å². The molecule has 0 spiro atoms. The lowest BCUT2D eigenvalue weighted by atomic mass is 10.8. The molecule has 0 amide bonds. The Balaban J connectivity index is 2.60. The molecule has 0 saturated carbocycles. The first-order valence-electron chi connectivity index (χ1n) is 2.97. The van der Waals surface area contributed by atoms with E-state index in [4.69, 9.17) is 11.5 Å². The maximum atomic E-state index is 5.29. The van der Waals surface area contributed by atoms with Crippen molar-refractivity contribution in [1.82, 2.24) is 0 Å². The lowest BCUT2D eigenvalue weighted by Crippen LogP contribution is -2.03. The van der Waals surface area contributed by atoms with E-state index in [2.05, 4.69) is 0 Å². The molecule has 0 saturated heterocycles. The van der Waals surface area contributed by atoms with Crippen LogP contribution in [-0.2, 0) is 0 Å². The molecule has 4 N–H and O–H groups in total. The number of thioether (sulfide) groups is 2. The van der Waals surface area contributed by atoms with Gasteiger partial charge in [-0.1, -0.05) is 0 Å². The van der Waals surface area contributed by atoms with Crippen molar-refractivity contribution in [3.8, 4) is 0 Å². The molecule has 0 aliphatic heterocycles. The van der Waals surface area contributed by atoms with E-state index in [0.717, 1.165) is 29.7 Å². The summed E-state index contributed by atoms with van der Waals surface area (Å²) >= 11 is 3.75. The van der Waals surface area contributed by atoms with Gasteiger partial charge in [0.25, 0.3) is 0 Å². The van der Waals surface area contributed by atoms with Gasteiger partial charge in [0.2, 0.25) is 0 Å². The Morgan fingerprint density at radius 2 is 1.33 bits per heavy atom. The Kier molecular flexibility index (Phi) is 9.21. The summed E-state index contributed by atoms with van der Waals surface area (Å²) in [4.78, 5) is 0. The summed E-state index contributed by atoms with van der Waals surface area (Å²) in [6.07, 6.45) is 0. The second-order valence-corrected chi connectivity index (χ2v) is 4.09. The zero-order valence-corrected chi connectivity index (χ0v) is 7.14. The van der Waals surface area contributed by atoms with Gasteiger partial charge in [0.15, 0.2) is 0 Å². The second-order valence-electron chi connectivity index (χ2n) is 1.51. The molecule has 0 heterocycles. The quantitative estimate of drug-likeness (QED) is 0.441. The Morgan fingerprint density at radius 3 is 1.67 bits per heavy atom. The zero-order valence-electron chi connectivity index (χ0n) is 5.51. The highest BCUT2D eigenvalue weighted by Gasteiger charge is 1.85. The molecule has 56 valence electrons. The van der Waals surface area contributed by atoms with Crippen LogP contribution in [0.1, 0.15) is 0 Å². The fourth-order valence-corrected chi connectivity index (χ4v) is 2.09. The third kappa shape index (κ3) is 8.62. The van der Waals surface area contributed by atoms with Gasteiger partial charge in [0, 0.05) is 29.7 Å². The molecule has 0 aliphatic carbocycles. The zero-order chi connectivity index (χ0) is 6.95. The Hall–Kier alpha value is 0.620. The summed E-state index contributed by atoms with van der Waals surface area (Å²) in [7, 11) is 0. The van der Waals surface area contributed by atoms with Crippen LogP contribution in [0, 0.1) is 0 Å². The lowest BCUT2D eigenvalue weighted by Gasteiger charge is -1.96. The minimum Gasteiger partial charge on any atom is -0.330 e. The lowest BCUT2D eigenvalue weighted by molar-refractivity contribution is 1.15. The van der Waals surface area contributed by atoms with E-state index in [0.29, 0.717) is 0 Å². The van der Waals surface area contributed by atoms with E-state index in [1.807, 2.05) is 23.5 Å². The number of rotatable bonds is 6. The van der Waals surface area contributed by atoms with Gasteiger partial charge in [-0.25, -0.2) is 0 Å². The van der Waals surface area contributed by atoms with Crippen molar-refractivity contribution >= 4 is 23.5 Å². The van der Waals surface area contributed by atoms with Gasteiger partial charge < -0.3 is 11.5 Å². The van der Waals surface area contributed by atoms with E-state index in [9.17, 15) is 0 Å². The van der Waals surface area contributed by atoms with Crippen LogP contribution in [0.25, 0.3) is 0 Å². The highest BCUT2D eigenvalue weighted by atomic mass is 32.2. The minimum atomic E-state index is 0.786. The highest BCUT2D eigenvalue weighted by Crippen LogP contribution is 2.09. The molecule has 0 bridgehead atoms. The van der Waals surface area contributed by atoms with Gasteiger partial charge >= 0.3 is 0 Å². The van der Waals surface area contributed by atoms with E-state index < -0.39 is 0 Å². The first-order chi connectivity index (χ1) is 4.41. The summed E-state index contributed by atoms with van der Waals surface area (Å²) in [5.74, 6) is 2.13. The first-order valence-corrected chi connectivity index (χ1v) is 5.28. The third-order valence-electron chi connectivity index (χ3n) is 0.691. The standard InChI is InChI=1S/C5H14N2S2/c6-1-3-8-5-9-4-2-7/h1-7H2. The van der Waals surface area contributed by atoms with Gasteiger partial charge in [0.05, 0.1) is 0 Å². The molecule has 2 nitrogen and oxygen atoms in total. The van der Waals surface area contributed by atoms with Gasteiger partial charge in [-0.05, 0) is 0 Å². The maximum Gasteiger partial charge on any atom is 0.0393 e. The van der Waals surface area contributed by atoms with Crippen molar-refractivity contribution in [2.75, 3.05) is 29.7 Å². The largest absolute Gasteiger partial charge is 0.330 e. The van der Waals surface area contributed by atoms with Crippen LogP contribution in [0.15, 0.2) is 0 Å². The highest BCUT2D eigenvalue weighted by molar-refractivity contribution is 8.15. The van der Waals surface area contributed by atoms with Crippen molar-refractivity contribution < 1.29 is 0 Å². The van der Waals surface area contributed by atoms with Gasteiger partial charge in [-0.2, -0.15) is 0 Å². The molecular formula is C5H14N2S2. The normalized spacial score (nSPS) is 10.0. The van der Waals surface area contributed by atoms with Crippen molar-refractivity contribution in [1.29, 1.82) is 0 Å². The van der Waals surface area contributed by atoms with E-state index in [1.165, 1.54) is 0 Å². The molecule has 0 aromatic heterocycles. The molecule has 0 radical (unpaired) electrons. The molecule has 0 aromatic rings. The molecular weight excluding hydrogens is 152 g/mol. The Bertz CT molecular complexity index is 46.2. The fraction of sp³-hybridized carbons (Fsp3) is 1.00. The molecule has 9 heavy (non-hydrogen) atoms. The summed E-state index contributed by atoms with van der Waals surface area (Å²) in [5, 5.41) is 1.13. The molecule has 0 fully saturated rings. The SMILES string of the molecule is NCCSCSCCN. The smallest absolute Gasteiger partial charge is 0.0393 e. The molecule has 0 rings (SSSR count). The van der Waals surface area contributed by atoms with Crippen LogP contribution in [0.5, 0.6) is 0 Å². The monoisotopic (exact) mass is 166 g/mol. The van der Waals surface area contributed by atoms with Crippen molar-refractivity contribution in [3.63, 3.8) is 0 Å². The van der Waals surface area contributed by atoms with Crippen molar-refractivity contribution in [2.24, 2.45) is 11.5 Å². The molecule has 4 heteroatoms. The van der Waals surface area contributed by atoms with Crippen molar-refractivity contribution in [3.05, 3.63) is 0 Å². The molecule has 0 aromatic carbocycles. The van der Waals surface area contributed by atoms with Crippen molar-refractivity contribution in [2.45, 2.75) is 0 Å². The Labute approximate surface area is 65.1 Å². The summed E-state index contributed by atoms with van der Waals surface area (Å²) in [5.41, 5.74) is 10.6. The molecule has 0 atom stereocenters. The number of nitrogens with two attached hydrogens (primary N) is 2. The predicted octanol–water partition coefficient (Wildman–Crippen LogP) is 0.328. The van der Waals surface area contributed by atoms with Gasteiger partial charge in [0.1, 0.15) is 0 Å². The fourth-order valence-electron chi connectivity index (χ4n) is 0.343. The average molecular weight is 166 g/mol. The van der Waals surface area contributed by atoms with E-state index in [-0.39, 0.29) is 0 Å². The first kappa shape index (κ1) is 9.62. The van der Waals surface area contributed by atoms with Crippen LogP contribution >= 0.6 is 23.5 Å². The predicted molar refractivity (Wildman–Crippen MR) is 47.9 cm³/mol. The summed E-state index contributed by atoms with van der Waals surface area (Å²) in [6, 6.07) is 0. The van der Waals surface area contributed by atoms with Crippen LogP contribution in [0.4, 0.5) is 0 Å². The number of hydrogen-bond acceptors (Lipinski definition) is 4. The van der Waals surface area contributed by atoms with Gasteiger partial charge in [-0.3, -0.25) is 0 Å². The number of hydrogen-bond donors (Lipinski definition) is 2. The topological polar surface area (TPSA) is 52.0 Å². The van der Waals surface area contributed by atoms with Crippen LogP contribution in [0.3, 0.4) is 0 Å². The Morgan fingerprint density at radius 1 is 0.889 bits per heavy atom. The maximum absolute atomic E-state index is 5.29.